The lowest BCUT2D eigenvalue weighted by Crippen LogP contribution is -2.32. The first kappa shape index (κ1) is 19.5. The van der Waals surface area contributed by atoms with Gasteiger partial charge in [0.1, 0.15) is 11.6 Å². The molecule has 0 heterocycles. The minimum absolute atomic E-state index is 0.0475. The molecule has 2 N–H and O–H groups in total. The second-order valence-corrected chi connectivity index (χ2v) is 6.53. The van der Waals surface area contributed by atoms with E-state index in [1.807, 2.05) is 49.4 Å². The number of hydrogen-bond acceptors (Lipinski definition) is 2. The van der Waals surface area contributed by atoms with Gasteiger partial charge in [0, 0.05) is 19.0 Å². The maximum atomic E-state index is 13.6. The van der Waals surface area contributed by atoms with E-state index in [0.717, 1.165) is 28.5 Å². The Bertz CT molecular complexity index is 1020. The van der Waals surface area contributed by atoms with E-state index in [-0.39, 0.29) is 30.5 Å². The van der Waals surface area contributed by atoms with Crippen molar-refractivity contribution in [2.45, 2.75) is 19.4 Å². The largest absolute Gasteiger partial charge is 0.351 e. The van der Waals surface area contributed by atoms with Crippen LogP contribution in [-0.2, 0) is 4.79 Å². The zero-order chi connectivity index (χ0) is 20.1. The highest BCUT2D eigenvalue weighted by Gasteiger charge is 2.14. The predicted octanol–water partition coefficient (Wildman–Crippen LogP) is 4.12. The van der Waals surface area contributed by atoms with Gasteiger partial charge in [0.25, 0.3) is 5.91 Å². The number of nitrogens with one attached hydrogen (secondary N) is 2. The van der Waals surface area contributed by atoms with Crippen molar-refractivity contribution >= 4 is 22.6 Å². The molecule has 144 valence electrons. The lowest BCUT2D eigenvalue weighted by Gasteiger charge is -2.15. The maximum Gasteiger partial charge on any atom is 0.254 e. The van der Waals surface area contributed by atoms with Crippen LogP contribution in [0.5, 0.6) is 0 Å². The van der Waals surface area contributed by atoms with E-state index in [0.29, 0.717) is 6.07 Å². The number of fused-ring (bicyclic) bond motifs is 1. The summed E-state index contributed by atoms with van der Waals surface area (Å²) in [6, 6.07) is 16.5. The van der Waals surface area contributed by atoms with Gasteiger partial charge in [0.15, 0.2) is 0 Å². The number of rotatable bonds is 6. The van der Waals surface area contributed by atoms with Crippen LogP contribution in [0.25, 0.3) is 10.8 Å². The summed E-state index contributed by atoms with van der Waals surface area (Å²) in [6.45, 7) is 1.93. The second-order valence-electron chi connectivity index (χ2n) is 6.53. The molecule has 3 rings (SSSR count). The molecule has 4 nitrogen and oxygen atoms in total. The van der Waals surface area contributed by atoms with E-state index in [2.05, 4.69) is 10.6 Å². The van der Waals surface area contributed by atoms with Crippen molar-refractivity contribution in [2.24, 2.45) is 0 Å². The van der Waals surface area contributed by atoms with E-state index in [1.165, 1.54) is 0 Å². The third-order valence-corrected chi connectivity index (χ3v) is 4.46. The molecule has 0 aliphatic carbocycles. The van der Waals surface area contributed by atoms with E-state index >= 15 is 0 Å². The zero-order valence-corrected chi connectivity index (χ0v) is 15.3. The number of amides is 2. The Balaban J connectivity index is 1.51. The van der Waals surface area contributed by atoms with Crippen LogP contribution in [0, 0.1) is 11.6 Å². The molecule has 0 bridgehead atoms. The fourth-order valence-corrected chi connectivity index (χ4v) is 2.93. The van der Waals surface area contributed by atoms with E-state index in [4.69, 9.17) is 0 Å². The Morgan fingerprint density at radius 2 is 1.71 bits per heavy atom. The number of carbonyl (C=O) groups excluding carboxylic acids is 2. The van der Waals surface area contributed by atoms with Crippen LogP contribution in [0.2, 0.25) is 0 Å². The fourth-order valence-electron chi connectivity index (χ4n) is 2.93. The maximum absolute atomic E-state index is 13.6. The van der Waals surface area contributed by atoms with Crippen LogP contribution >= 0.6 is 0 Å². The number of benzene rings is 3. The van der Waals surface area contributed by atoms with Gasteiger partial charge in [-0.05, 0) is 41.5 Å². The average Bonchev–Trinajstić information content (AvgIpc) is 2.67. The third-order valence-electron chi connectivity index (χ3n) is 4.46. The van der Waals surface area contributed by atoms with Crippen molar-refractivity contribution < 1.29 is 18.4 Å². The van der Waals surface area contributed by atoms with Gasteiger partial charge in [0.2, 0.25) is 5.91 Å². The van der Waals surface area contributed by atoms with Crippen molar-refractivity contribution in [3.8, 4) is 0 Å². The quantitative estimate of drug-likeness (QED) is 0.674. The first-order chi connectivity index (χ1) is 13.4. The van der Waals surface area contributed by atoms with Crippen molar-refractivity contribution in [3.05, 3.63) is 83.4 Å². The summed E-state index contributed by atoms with van der Waals surface area (Å²) in [7, 11) is 0. The summed E-state index contributed by atoms with van der Waals surface area (Å²) in [5.74, 6) is -2.61. The van der Waals surface area contributed by atoms with Gasteiger partial charge in [-0.25, -0.2) is 8.78 Å². The van der Waals surface area contributed by atoms with Crippen molar-refractivity contribution in [2.75, 3.05) is 6.54 Å². The lowest BCUT2D eigenvalue weighted by atomic mass is 10.0. The Hall–Kier alpha value is -3.28. The summed E-state index contributed by atoms with van der Waals surface area (Å²) in [6.07, 6.45) is 0.0481. The molecule has 6 heteroatoms. The molecule has 0 aromatic heterocycles. The third kappa shape index (κ3) is 4.71. The van der Waals surface area contributed by atoms with Crippen molar-refractivity contribution in [1.82, 2.24) is 10.6 Å². The van der Waals surface area contributed by atoms with Gasteiger partial charge in [-0.15, -0.1) is 0 Å². The summed E-state index contributed by atoms with van der Waals surface area (Å²) >= 11 is 0. The predicted molar refractivity (Wildman–Crippen MR) is 104 cm³/mol. The molecule has 0 saturated carbocycles. The SMILES string of the molecule is CC(NC(=O)CCNC(=O)c1ccc(F)cc1F)c1ccc2ccccc2c1. The molecular weight excluding hydrogens is 362 g/mol. The summed E-state index contributed by atoms with van der Waals surface area (Å²) in [5, 5.41) is 7.56. The first-order valence-corrected chi connectivity index (χ1v) is 8.95. The standard InChI is InChI=1S/C22H20F2N2O2/c1-14(16-7-6-15-4-2-3-5-17(15)12-16)26-21(27)10-11-25-22(28)19-9-8-18(23)13-20(19)24/h2-9,12-14H,10-11H2,1H3,(H,25,28)(H,26,27). The molecule has 1 atom stereocenters. The lowest BCUT2D eigenvalue weighted by molar-refractivity contribution is -0.121. The molecule has 0 aliphatic heterocycles. The Kier molecular flexibility index (Phi) is 5.99. The highest BCUT2D eigenvalue weighted by atomic mass is 19.1. The summed E-state index contributed by atoms with van der Waals surface area (Å²) in [5.41, 5.74) is 0.718. The number of halogens is 2. The molecule has 0 aliphatic rings. The van der Waals surface area contributed by atoms with Gasteiger partial charge in [0.05, 0.1) is 11.6 Å². The van der Waals surface area contributed by atoms with Crippen LogP contribution in [0.1, 0.15) is 35.3 Å². The van der Waals surface area contributed by atoms with E-state index in [1.54, 1.807) is 0 Å². The monoisotopic (exact) mass is 382 g/mol. The van der Waals surface area contributed by atoms with E-state index in [9.17, 15) is 18.4 Å². The molecule has 0 saturated heterocycles. The summed E-state index contributed by atoms with van der Waals surface area (Å²) in [4.78, 5) is 24.1. The fraction of sp³-hybridized carbons (Fsp3) is 0.182. The van der Waals surface area contributed by atoms with Crippen molar-refractivity contribution in [3.63, 3.8) is 0 Å². The highest BCUT2D eigenvalue weighted by Crippen LogP contribution is 2.20. The van der Waals surface area contributed by atoms with E-state index < -0.39 is 17.5 Å². The highest BCUT2D eigenvalue weighted by molar-refractivity contribution is 5.94. The zero-order valence-electron chi connectivity index (χ0n) is 15.3. The first-order valence-electron chi connectivity index (χ1n) is 8.95. The molecular formula is C22H20F2N2O2. The topological polar surface area (TPSA) is 58.2 Å². The molecule has 0 spiro atoms. The Labute approximate surface area is 161 Å². The average molecular weight is 382 g/mol. The summed E-state index contributed by atoms with van der Waals surface area (Å²) < 4.78 is 26.5. The molecule has 28 heavy (non-hydrogen) atoms. The minimum atomic E-state index is -0.938. The normalized spacial score (nSPS) is 11.8. The number of carbonyl (C=O) groups is 2. The molecule has 2 amide bonds. The molecule has 0 fully saturated rings. The van der Waals surface area contributed by atoms with Gasteiger partial charge < -0.3 is 10.6 Å². The van der Waals surface area contributed by atoms with Gasteiger partial charge in [-0.3, -0.25) is 9.59 Å². The van der Waals surface area contributed by atoms with Gasteiger partial charge >= 0.3 is 0 Å². The Morgan fingerprint density at radius 1 is 0.964 bits per heavy atom. The van der Waals surface area contributed by atoms with Gasteiger partial charge in [-0.1, -0.05) is 36.4 Å². The van der Waals surface area contributed by atoms with Crippen LogP contribution in [-0.4, -0.2) is 18.4 Å². The van der Waals surface area contributed by atoms with Gasteiger partial charge in [-0.2, -0.15) is 0 Å². The Morgan fingerprint density at radius 3 is 2.46 bits per heavy atom. The molecule has 1 unspecified atom stereocenters. The van der Waals surface area contributed by atoms with Crippen LogP contribution in [0.15, 0.2) is 60.7 Å². The number of hydrogen-bond donors (Lipinski definition) is 2. The van der Waals surface area contributed by atoms with Crippen LogP contribution < -0.4 is 10.6 Å². The minimum Gasteiger partial charge on any atom is -0.351 e. The molecule has 0 radical (unpaired) electrons. The molecule has 3 aromatic carbocycles. The van der Waals surface area contributed by atoms with Crippen molar-refractivity contribution in [1.29, 1.82) is 0 Å². The molecule has 3 aromatic rings. The van der Waals surface area contributed by atoms with Crippen LogP contribution in [0.3, 0.4) is 0 Å². The van der Waals surface area contributed by atoms with Crippen LogP contribution in [0.4, 0.5) is 8.78 Å². The second kappa shape index (κ2) is 8.61. The smallest absolute Gasteiger partial charge is 0.254 e.